The maximum absolute atomic E-state index is 13.7. The summed E-state index contributed by atoms with van der Waals surface area (Å²) in [6, 6.07) is 7.84. The molecular weight excluding hydrogens is 404 g/mol. The minimum absolute atomic E-state index is 0.237. The molecule has 0 spiro atoms. The van der Waals surface area contributed by atoms with Crippen molar-refractivity contribution in [2.75, 3.05) is 7.11 Å². The van der Waals surface area contributed by atoms with Gasteiger partial charge in [0.15, 0.2) is 0 Å². The first-order valence-corrected chi connectivity index (χ1v) is 10.1. The molecule has 0 unspecified atom stereocenters. The van der Waals surface area contributed by atoms with E-state index in [1.165, 1.54) is 25.6 Å². The van der Waals surface area contributed by atoms with Crippen LogP contribution in [0, 0.1) is 0 Å². The van der Waals surface area contributed by atoms with Crippen LogP contribution in [-0.4, -0.2) is 32.8 Å². The summed E-state index contributed by atoms with van der Waals surface area (Å²) in [5.41, 5.74) is 2.14. The Hall–Kier alpha value is -3.36. The predicted molar refractivity (Wildman–Crippen MR) is 110 cm³/mol. The summed E-state index contributed by atoms with van der Waals surface area (Å²) < 4.78 is 34.4. The third-order valence-electron chi connectivity index (χ3n) is 5.30. The maximum atomic E-state index is 13.7. The number of hydrogen-bond acceptors (Lipinski definition) is 5. The van der Waals surface area contributed by atoms with Crippen LogP contribution in [0.5, 0.6) is 5.88 Å². The van der Waals surface area contributed by atoms with Crippen molar-refractivity contribution in [3.8, 4) is 17.1 Å². The molecular formula is C22H23F2N5O2. The molecule has 4 rings (SSSR count). The van der Waals surface area contributed by atoms with E-state index in [4.69, 9.17) is 4.74 Å². The Morgan fingerprint density at radius 1 is 1.19 bits per heavy atom. The molecule has 1 atom stereocenters. The molecule has 0 bridgehead atoms. The fourth-order valence-electron chi connectivity index (χ4n) is 3.67. The Kier molecular flexibility index (Phi) is 5.67. The fraction of sp³-hybridized carbons (Fsp3) is 0.364. The second-order valence-electron chi connectivity index (χ2n) is 7.60. The van der Waals surface area contributed by atoms with Crippen molar-refractivity contribution >= 4 is 5.91 Å². The van der Waals surface area contributed by atoms with Crippen LogP contribution in [0.15, 0.2) is 42.7 Å². The molecule has 1 N–H and O–H groups in total. The van der Waals surface area contributed by atoms with Crippen molar-refractivity contribution in [2.45, 2.75) is 44.7 Å². The number of halogens is 2. The lowest BCUT2D eigenvalue weighted by atomic mass is 10.1. The lowest BCUT2D eigenvalue weighted by Gasteiger charge is -2.17. The minimum Gasteiger partial charge on any atom is -0.481 e. The topological polar surface area (TPSA) is 81.9 Å². The number of pyridine rings is 2. The molecule has 0 saturated heterocycles. The van der Waals surface area contributed by atoms with Gasteiger partial charge in [-0.25, -0.2) is 4.98 Å². The van der Waals surface area contributed by atoms with Gasteiger partial charge in [-0.2, -0.15) is 13.9 Å². The quantitative estimate of drug-likeness (QED) is 0.663. The van der Waals surface area contributed by atoms with Gasteiger partial charge in [-0.1, -0.05) is 0 Å². The molecule has 0 aromatic carbocycles. The highest BCUT2D eigenvalue weighted by Gasteiger charge is 2.28. The highest BCUT2D eigenvalue weighted by atomic mass is 19.3. The Bertz CT molecular complexity index is 1090. The first-order valence-electron chi connectivity index (χ1n) is 10.1. The van der Waals surface area contributed by atoms with Gasteiger partial charge < -0.3 is 10.1 Å². The highest BCUT2D eigenvalue weighted by molar-refractivity contribution is 5.94. The molecule has 0 fully saturated rings. The Morgan fingerprint density at radius 2 is 2.00 bits per heavy atom. The number of aromatic nitrogens is 4. The van der Waals surface area contributed by atoms with Crippen LogP contribution in [0.1, 0.15) is 54.0 Å². The van der Waals surface area contributed by atoms with E-state index < -0.39 is 5.92 Å². The van der Waals surface area contributed by atoms with Gasteiger partial charge in [-0.15, -0.1) is 0 Å². The molecule has 9 heteroatoms. The molecule has 1 aliphatic heterocycles. The predicted octanol–water partition coefficient (Wildman–Crippen LogP) is 4.12. The Balaban J connectivity index is 1.62. The summed E-state index contributed by atoms with van der Waals surface area (Å²) in [5.74, 6) is -2.91. The largest absolute Gasteiger partial charge is 0.481 e. The lowest BCUT2D eigenvalue weighted by Crippen LogP contribution is -2.29. The van der Waals surface area contributed by atoms with Gasteiger partial charge in [-0.3, -0.25) is 14.5 Å². The van der Waals surface area contributed by atoms with Gasteiger partial charge in [0, 0.05) is 43.1 Å². The summed E-state index contributed by atoms with van der Waals surface area (Å²) in [5, 5.41) is 7.69. The SMILES string of the molecule is COc1cc(C(=O)N[C@H]2CCCCn3nc(-c4ccnc(C(C)(F)F)c4)cc32)ccn1. The summed E-state index contributed by atoms with van der Waals surface area (Å²) in [4.78, 5) is 20.6. The number of ether oxygens (including phenoxy) is 1. The number of aryl methyl sites for hydroxylation is 1. The summed E-state index contributed by atoms with van der Waals surface area (Å²) >= 11 is 0. The van der Waals surface area contributed by atoms with Crippen molar-refractivity contribution in [1.29, 1.82) is 0 Å². The number of nitrogens with one attached hydrogen (secondary N) is 1. The maximum Gasteiger partial charge on any atom is 0.286 e. The van der Waals surface area contributed by atoms with Crippen molar-refractivity contribution in [3.05, 3.63) is 59.7 Å². The standard InChI is InChI=1S/C22H23F2N5O2/c1-22(23,24)19-11-14(6-8-25-19)17-13-18-16(5-3-4-10-29(18)28-17)27-21(30)15-7-9-26-20(12-15)31-2/h6-9,11-13,16H,3-5,10H2,1-2H3,(H,27,30)/t16-/m0/s1. The molecule has 0 radical (unpaired) electrons. The van der Waals surface area contributed by atoms with Crippen molar-refractivity contribution in [1.82, 2.24) is 25.1 Å². The van der Waals surface area contributed by atoms with Crippen LogP contribution in [0.2, 0.25) is 0 Å². The molecule has 31 heavy (non-hydrogen) atoms. The average Bonchev–Trinajstić information content (AvgIpc) is 3.11. The minimum atomic E-state index is -3.03. The summed E-state index contributed by atoms with van der Waals surface area (Å²) in [7, 11) is 1.49. The average molecular weight is 427 g/mol. The number of rotatable bonds is 5. The van der Waals surface area contributed by atoms with E-state index in [9.17, 15) is 13.6 Å². The molecule has 3 aromatic rings. The summed E-state index contributed by atoms with van der Waals surface area (Å²) in [6.45, 7) is 1.52. The molecule has 162 valence electrons. The molecule has 7 nitrogen and oxygen atoms in total. The molecule has 1 aliphatic rings. The second kappa shape index (κ2) is 8.41. The van der Waals surface area contributed by atoms with Gasteiger partial charge in [0.2, 0.25) is 5.88 Å². The van der Waals surface area contributed by atoms with Crippen LogP contribution in [0.3, 0.4) is 0 Å². The van der Waals surface area contributed by atoms with Crippen molar-refractivity contribution in [2.24, 2.45) is 0 Å². The van der Waals surface area contributed by atoms with E-state index >= 15 is 0 Å². The van der Waals surface area contributed by atoms with Gasteiger partial charge in [0.25, 0.3) is 11.8 Å². The number of fused-ring (bicyclic) bond motifs is 1. The van der Waals surface area contributed by atoms with E-state index in [1.807, 2.05) is 10.7 Å². The number of nitrogens with zero attached hydrogens (tertiary/aromatic N) is 4. The number of carbonyl (C=O) groups is 1. The third-order valence-corrected chi connectivity index (χ3v) is 5.30. The second-order valence-corrected chi connectivity index (χ2v) is 7.60. The van der Waals surface area contributed by atoms with Crippen LogP contribution >= 0.6 is 0 Å². The number of amides is 1. The normalized spacial score (nSPS) is 16.3. The number of alkyl halides is 2. The van der Waals surface area contributed by atoms with Crippen LogP contribution in [-0.2, 0) is 12.5 Å². The van der Waals surface area contributed by atoms with Crippen molar-refractivity contribution < 1.29 is 18.3 Å². The molecule has 4 heterocycles. The van der Waals surface area contributed by atoms with Crippen LogP contribution in [0.4, 0.5) is 8.78 Å². The Labute approximate surface area is 178 Å². The zero-order valence-electron chi connectivity index (χ0n) is 17.3. The first kappa shape index (κ1) is 20.9. The van der Waals surface area contributed by atoms with Gasteiger partial charge in [-0.05, 0) is 43.5 Å². The molecule has 0 saturated carbocycles. The molecule has 1 amide bonds. The molecule has 0 aliphatic carbocycles. The Morgan fingerprint density at radius 3 is 2.77 bits per heavy atom. The number of hydrogen-bond donors (Lipinski definition) is 1. The van der Waals surface area contributed by atoms with E-state index in [-0.39, 0.29) is 17.6 Å². The smallest absolute Gasteiger partial charge is 0.286 e. The van der Waals surface area contributed by atoms with E-state index in [0.29, 0.717) is 29.2 Å². The zero-order chi connectivity index (χ0) is 22.0. The van der Waals surface area contributed by atoms with E-state index in [2.05, 4.69) is 20.4 Å². The summed E-state index contributed by atoms with van der Waals surface area (Å²) in [6.07, 6.45) is 5.49. The van der Waals surface area contributed by atoms with Crippen molar-refractivity contribution in [3.63, 3.8) is 0 Å². The zero-order valence-corrected chi connectivity index (χ0v) is 17.3. The third kappa shape index (κ3) is 4.55. The van der Waals surface area contributed by atoms with Gasteiger partial charge in [0.1, 0.15) is 5.69 Å². The lowest BCUT2D eigenvalue weighted by molar-refractivity contribution is 0.0128. The van der Waals surface area contributed by atoms with Gasteiger partial charge >= 0.3 is 0 Å². The monoisotopic (exact) mass is 427 g/mol. The van der Waals surface area contributed by atoms with Crippen LogP contribution < -0.4 is 10.1 Å². The number of carbonyl (C=O) groups excluding carboxylic acids is 1. The van der Waals surface area contributed by atoms with Gasteiger partial charge in [0.05, 0.1) is 24.5 Å². The highest BCUT2D eigenvalue weighted by Crippen LogP contribution is 2.31. The van der Waals surface area contributed by atoms with Crippen LogP contribution in [0.25, 0.3) is 11.3 Å². The van der Waals surface area contributed by atoms with E-state index in [0.717, 1.165) is 31.9 Å². The fourth-order valence-corrected chi connectivity index (χ4v) is 3.67. The van der Waals surface area contributed by atoms with E-state index in [1.54, 1.807) is 18.2 Å². The number of methoxy groups -OCH3 is 1. The molecule has 3 aromatic heterocycles. The first-order chi connectivity index (χ1) is 14.8.